The third kappa shape index (κ3) is 1.89. The number of hydrogen-bond acceptors (Lipinski definition) is 3. The first kappa shape index (κ1) is 9.86. The lowest BCUT2D eigenvalue weighted by molar-refractivity contribution is 0.100. The number of hydrogen-bond donors (Lipinski definition) is 0. The molecule has 2 rings (SSSR count). The van der Waals surface area contributed by atoms with Crippen LogP contribution in [0.4, 0.5) is 0 Å². The molecule has 5 heteroatoms. The van der Waals surface area contributed by atoms with Crippen molar-refractivity contribution in [3.8, 4) is 5.75 Å². The van der Waals surface area contributed by atoms with E-state index < -0.39 is 11.1 Å². The number of carbonyl (C=O) groups excluding carboxylic acids is 2. The third-order valence-corrected chi connectivity index (χ3v) is 2.18. The zero-order valence-electron chi connectivity index (χ0n) is 7.57. The van der Waals surface area contributed by atoms with Crippen LogP contribution in [0.5, 0.6) is 5.75 Å². The van der Waals surface area contributed by atoms with Crippen LogP contribution in [0.15, 0.2) is 23.2 Å². The van der Waals surface area contributed by atoms with Gasteiger partial charge in [-0.1, -0.05) is 0 Å². The highest BCUT2D eigenvalue weighted by Crippen LogP contribution is 2.23. The van der Waals surface area contributed by atoms with Gasteiger partial charge in [-0.2, -0.15) is 0 Å². The number of amides is 1. The van der Waals surface area contributed by atoms with Crippen LogP contribution < -0.4 is 4.74 Å². The predicted octanol–water partition coefficient (Wildman–Crippen LogP) is 1.67. The number of ether oxygens (including phenoxy) is 1. The van der Waals surface area contributed by atoms with Crippen LogP contribution in [-0.2, 0) is 0 Å². The molecular formula is C10H6ClNO3. The van der Waals surface area contributed by atoms with Gasteiger partial charge < -0.3 is 4.74 Å². The number of rotatable bonds is 1. The predicted molar refractivity (Wildman–Crippen MR) is 54.9 cm³/mol. The van der Waals surface area contributed by atoms with E-state index in [-0.39, 0.29) is 17.7 Å². The van der Waals surface area contributed by atoms with E-state index in [0.717, 1.165) is 0 Å². The molecule has 1 aromatic rings. The Bertz CT molecular complexity index is 468. The summed E-state index contributed by atoms with van der Waals surface area (Å²) in [6.07, 6.45) is 1.38. The molecule has 1 amide bonds. The van der Waals surface area contributed by atoms with Crippen molar-refractivity contribution in [2.45, 2.75) is 0 Å². The molecular weight excluding hydrogens is 218 g/mol. The van der Waals surface area contributed by atoms with Gasteiger partial charge in [0.15, 0.2) is 0 Å². The molecule has 15 heavy (non-hydrogen) atoms. The molecule has 0 radical (unpaired) electrons. The summed E-state index contributed by atoms with van der Waals surface area (Å²) in [4.78, 5) is 26.0. The molecule has 1 heterocycles. The Morgan fingerprint density at radius 2 is 2.27 bits per heavy atom. The highest BCUT2D eigenvalue weighted by Gasteiger charge is 2.16. The molecule has 0 saturated carbocycles. The number of halogens is 1. The van der Waals surface area contributed by atoms with E-state index in [1.807, 2.05) is 0 Å². The molecule has 0 bridgehead atoms. The average molecular weight is 224 g/mol. The van der Waals surface area contributed by atoms with E-state index in [1.165, 1.54) is 24.4 Å². The van der Waals surface area contributed by atoms with E-state index in [1.54, 1.807) is 0 Å². The SMILES string of the molecule is O=C(Cl)c1ccc2c(c1)C(=O)N=CCO2. The summed E-state index contributed by atoms with van der Waals surface area (Å²) < 4.78 is 5.23. The van der Waals surface area contributed by atoms with Gasteiger partial charge in [-0.05, 0) is 29.8 Å². The molecule has 76 valence electrons. The summed E-state index contributed by atoms with van der Waals surface area (Å²) in [5.74, 6) is -0.0126. The molecule has 0 saturated heterocycles. The Morgan fingerprint density at radius 3 is 3.00 bits per heavy atom. The molecule has 0 spiro atoms. The van der Waals surface area contributed by atoms with Crippen molar-refractivity contribution in [1.82, 2.24) is 0 Å². The van der Waals surface area contributed by atoms with Crippen molar-refractivity contribution >= 4 is 29.0 Å². The van der Waals surface area contributed by atoms with Crippen molar-refractivity contribution in [2.75, 3.05) is 6.61 Å². The zero-order chi connectivity index (χ0) is 10.8. The molecule has 1 aliphatic heterocycles. The lowest BCUT2D eigenvalue weighted by atomic mass is 10.1. The molecule has 0 fully saturated rings. The minimum absolute atomic E-state index is 0.243. The largest absolute Gasteiger partial charge is 0.487 e. The van der Waals surface area contributed by atoms with Gasteiger partial charge in [0.05, 0.1) is 5.56 Å². The number of benzene rings is 1. The summed E-state index contributed by atoms with van der Waals surface area (Å²) >= 11 is 5.30. The summed E-state index contributed by atoms with van der Waals surface area (Å²) in [5, 5.41) is -0.612. The van der Waals surface area contributed by atoms with Crippen LogP contribution >= 0.6 is 11.6 Å². The van der Waals surface area contributed by atoms with E-state index in [4.69, 9.17) is 16.3 Å². The van der Waals surface area contributed by atoms with Gasteiger partial charge in [0, 0.05) is 11.8 Å². The fraction of sp³-hybridized carbons (Fsp3) is 0.100. The van der Waals surface area contributed by atoms with E-state index in [0.29, 0.717) is 5.75 Å². The standard InChI is InChI=1S/C10H6ClNO3/c11-9(13)6-1-2-8-7(5-6)10(14)12-3-4-15-8/h1-3,5H,4H2. The molecule has 1 aromatic carbocycles. The maximum atomic E-state index is 11.4. The quantitative estimate of drug-likeness (QED) is 0.681. The lowest BCUT2D eigenvalue weighted by Crippen LogP contribution is -2.00. The minimum Gasteiger partial charge on any atom is -0.487 e. The number of aliphatic imine (C=N–C) groups is 1. The van der Waals surface area contributed by atoms with Gasteiger partial charge in [-0.15, -0.1) is 0 Å². The van der Waals surface area contributed by atoms with E-state index in [9.17, 15) is 9.59 Å². The maximum absolute atomic E-state index is 11.4. The summed E-state index contributed by atoms with van der Waals surface area (Å²) in [7, 11) is 0. The van der Waals surface area contributed by atoms with Gasteiger partial charge in [-0.3, -0.25) is 9.59 Å². The lowest BCUT2D eigenvalue weighted by Gasteiger charge is -2.05. The highest BCUT2D eigenvalue weighted by atomic mass is 35.5. The summed E-state index contributed by atoms with van der Waals surface area (Å²) in [6, 6.07) is 4.43. The molecule has 0 atom stereocenters. The number of nitrogens with zero attached hydrogens (tertiary/aromatic N) is 1. The zero-order valence-corrected chi connectivity index (χ0v) is 8.32. The fourth-order valence-electron chi connectivity index (χ4n) is 1.26. The molecule has 1 aliphatic rings. The smallest absolute Gasteiger partial charge is 0.280 e. The fourth-order valence-corrected chi connectivity index (χ4v) is 1.38. The average Bonchev–Trinajstić information content (AvgIpc) is 2.40. The number of fused-ring (bicyclic) bond motifs is 1. The summed E-state index contributed by atoms with van der Waals surface area (Å²) in [6.45, 7) is 0.243. The summed E-state index contributed by atoms with van der Waals surface area (Å²) in [5.41, 5.74) is 0.514. The van der Waals surface area contributed by atoms with Crippen molar-refractivity contribution in [1.29, 1.82) is 0 Å². The Morgan fingerprint density at radius 1 is 1.47 bits per heavy atom. The molecule has 0 N–H and O–H groups in total. The van der Waals surface area contributed by atoms with Gasteiger partial charge in [0.25, 0.3) is 11.1 Å². The first-order chi connectivity index (χ1) is 7.18. The van der Waals surface area contributed by atoms with Crippen molar-refractivity contribution in [2.24, 2.45) is 4.99 Å². The van der Waals surface area contributed by atoms with Gasteiger partial charge in [-0.25, -0.2) is 4.99 Å². The Hall–Kier alpha value is -1.68. The Balaban J connectivity index is 2.53. The van der Waals surface area contributed by atoms with Crippen molar-refractivity contribution < 1.29 is 14.3 Å². The first-order valence-corrected chi connectivity index (χ1v) is 4.60. The van der Waals surface area contributed by atoms with Crippen LogP contribution in [-0.4, -0.2) is 24.0 Å². The van der Waals surface area contributed by atoms with Crippen LogP contribution in [0.3, 0.4) is 0 Å². The van der Waals surface area contributed by atoms with Crippen LogP contribution in [0.2, 0.25) is 0 Å². The molecule has 0 aromatic heterocycles. The molecule has 0 aliphatic carbocycles. The maximum Gasteiger partial charge on any atom is 0.280 e. The van der Waals surface area contributed by atoms with Crippen LogP contribution in [0.1, 0.15) is 20.7 Å². The molecule has 0 unspecified atom stereocenters. The normalized spacial score (nSPS) is 14.1. The topological polar surface area (TPSA) is 55.7 Å². The minimum atomic E-state index is -0.612. The second-order valence-corrected chi connectivity index (χ2v) is 3.26. The van der Waals surface area contributed by atoms with Crippen LogP contribution in [0.25, 0.3) is 0 Å². The second kappa shape index (κ2) is 3.82. The second-order valence-electron chi connectivity index (χ2n) is 2.91. The Labute approximate surface area is 90.5 Å². The van der Waals surface area contributed by atoms with Gasteiger partial charge in [0.2, 0.25) is 0 Å². The highest BCUT2D eigenvalue weighted by molar-refractivity contribution is 6.67. The van der Waals surface area contributed by atoms with Gasteiger partial charge in [0.1, 0.15) is 12.4 Å². The monoisotopic (exact) mass is 223 g/mol. The van der Waals surface area contributed by atoms with Crippen LogP contribution in [0, 0.1) is 0 Å². The van der Waals surface area contributed by atoms with Crippen molar-refractivity contribution in [3.63, 3.8) is 0 Å². The Kier molecular flexibility index (Phi) is 2.51. The number of carbonyl (C=O) groups is 2. The molecule has 4 nitrogen and oxygen atoms in total. The van der Waals surface area contributed by atoms with E-state index in [2.05, 4.69) is 4.99 Å². The third-order valence-electron chi connectivity index (χ3n) is 1.96. The van der Waals surface area contributed by atoms with E-state index >= 15 is 0 Å². The van der Waals surface area contributed by atoms with Crippen molar-refractivity contribution in [3.05, 3.63) is 29.3 Å². The van der Waals surface area contributed by atoms with Gasteiger partial charge >= 0.3 is 0 Å². The first-order valence-electron chi connectivity index (χ1n) is 4.22.